The maximum absolute atomic E-state index is 13.4. The Labute approximate surface area is 394 Å². The van der Waals surface area contributed by atoms with E-state index in [1.54, 1.807) is 30.3 Å². The van der Waals surface area contributed by atoms with Crippen molar-refractivity contribution in [2.75, 3.05) is 58.9 Å². The molecule has 5 rings (SSSR count). The fourth-order valence-corrected chi connectivity index (χ4v) is 7.45. The van der Waals surface area contributed by atoms with Gasteiger partial charge in [0.05, 0.1) is 32.4 Å². The van der Waals surface area contributed by atoms with Crippen LogP contribution in [0.25, 0.3) is 0 Å². The number of carboxylic acid groups (broad SMARTS) is 1. The highest BCUT2D eigenvalue weighted by atomic mass is 79.9. The minimum absolute atomic E-state index is 0.00157. The molecule has 2 aromatic heterocycles. The van der Waals surface area contributed by atoms with Crippen LogP contribution in [-0.2, 0) is 12.6 Å². The van der Waals surface area contributed by atoms with E-state index in [4.69, 9.17) is 51.5 Å². The summed E-state index contributed by atoms with van der Waals surface area (Å²) in [6, 6.07) is 17.9. The lowest BCUT2D eigenvalue weighted by atomic mass is 10.1. The standard InChI is InChI=1S/C17H16Cl2F3N3OS.C13H9Cl2NO3.C12H17BrN2O2/c1-25(2)5-6-27-15-8-12(17(20,21)22)11(9-23-15)16(26)24-14-4-3-10(18)7-13(14)19;14-10-2-1-3-11(15)9(10)6-7-4-5-8(13(18)19)12(17)16-7;1-15(2)7-3-6-14-12(17)10-8-9(13)4-5-11(10)16/h3-4,7-9H,5-6H2,1-2H3,(H,24,26);1-5H,6H2,(H,16,17)(H,18,19);4-5,8,16H,3,6-7H2,1-2H3,(H,14,17). The molecule has 2 amide bonds. The number of halogens is 8. The van der Waals surface area contributed by atoms with Crippen molar-refractivity contribution < 1.29 is 37.8 Å². The molecular formula is C42H42BrCl4F3N6O6S. The number of carbonyl (C=O) groups excluding carboxylic acids is 2. The molecule has 0 saturated carbocycles. The van der Waals surface area contributed by atoms with E-state index in [1.165, 1.54) is 48.2 Å². The number of aromatic carboxylic acids is 1. The van der Waals surface area contributed by atoms with Crippen molar-refractivity contribution in [1.82, 2.24) is 25.1 Å². The number of hydrogen-bond donors (Lipinski definition) is 5. The molecule has 5 aromatic rings. The Hall–Kier alpha value is -4.33. The highest BCUT2D eigenvalue weighted by Gasteiger charge is 2.36. The number of hydrogen-bond acceptors (Lipinski definition) is 9. The third-order valence-electron chi connectivity index (χ3n) is 8.30. The van der Waals surface area contributed by atoms with Gasteiger partial charge in [0.15, 0.2) is 0 Å². The van der Waals surface area contributed by atoms with Crippen LogP contribution in [0, 0.1) is 0 Å². The van der Waals surface area contributed by atoms with Crippen molar-refractivity contribution in [3.8, 4) is 5.75 Å². The SMILES string of the molecule is CN(C)CCCNC(=O)c1cc(Br)ccc1O.CN(C)CCSc1cc(C(F)(F)F)c(C(=O)Nc2ccc(Cl)cc2Cl)cn1.O=C(O)c1ccc(Cc2c(Cl)cccc2Cl)[nH]c1=O. The molecule has 63 heavy (non-hydrogen) atoms. The number of phenolic OH excluding ortho intramolecular Hbond substituents is 1. The molecule has 0 aliphatic heterocycles. The van der Waals surface area contributed by atoms with E-state index >= 15 is 0 Å². The summed E-state index contributed by atoms with van der Waals surface area (Å²) in [5, 5.41) is 25.1. The Bertz CT molecular complexity index is 2430. The van der Waals surface area contributed by atoms with Crippen LogP contribution in [0.5, 0.6) is 5.75 Å². The molecule has 0 fully saturated rings. The predicted octanol–water partition coefficient (Wildman–Crippen LogP) is 10.1. The quantitative estimate of drug-likeness (QED) is 0.0534. The van der Waals surface area contributed by atoms with E-state index in [1.807, 2.05) is 33.1 Å². The summed E-state index contributed by atoms with van der Waals surface area (Å²) in [4.78, 5) is 56.9. The number of phenols is 1. The van der Waals surface area contributed by atoms with Gasteiger partial charge in [0, 0.05) is 56.7 Å². The normalized spacial score (nSPS) is 11.0. The van der Waals surface area contributed by atoms with Gasteiger partial charge in [-0.05, 0) is 113 Å². The second-order valence-electron chi connectivity index (χ2n) is 13.8. The number of H-pyrrole nitrogens is 1. The van der Waals surface area contributed by atoms with Crippen molar-refractivity contribution in [2.45, 2.75) is 24.0 Å². The van der Waals surface area contributed by atoms with Crippen LogP contribution in [0.2, 0.25) is 20.1 Å². The molecule has 21 heteroatoms. The van der Waals surface area contributed by atoms with Crippen molar-refractivity contribution in [3.05, 3.63) is 147 Å². The Morgan fingerprint density at radius 1 is 0.841 bits per heavy atom. The van der Waals surface area contributed by atoms with E-state index in [2.05, 4.69) is 41.4 Å². The number of alkyl halides is 3. The molecule has 5 N–H and O–H groups in total. The zero-order valence-corrected chi connectivity index (χ0v) is 39.5. The van der Waals surface area contributed by atoms with Crippen molar-refractivity contribution >= 4 is 97.6 Å². The summed E-state index contributed by atoms with van der Waals surface area (Å²) in [6.45, 7) is 2.21. The average Bonchev–Trinajstić information content (AvgIpc) is 3.19. The molecule has 338 valence electrons. The number of rotatable bonds is 14. The van der Waals surface area contributed by atoms with Gasteiger partial charge in [0.2, 0.25) is 0 Å². The first kappa shape index (κ1) is 53.0. The molecule has 3 aromatic carbocycles. The number of nitrogens with one attached hydrogen (secondary N) is 3. The first-order valence-electron chi connectivity index (χ1n) is 18.5. The number of amides is 2. The fraction of sp³-hybridized carbons (Fsp3) is 0.262. The number of aromatic hydroxyl groups is 1. The molecule has 0 atom stereocenters. The number of aromatic nitrogens is 2. The van der Waals surface area contributed by atoms with Gasteiger partial charge in [-0.25, -0.2) is 9.78 Å². The number of anilines is 1. The van der Waals surface area contributed by atoms with E-state index in [0.29, 0.717) is 57.2 Å². The third kappa shape index (κ3) is 17.6. The van der Waals surface area contributed by atoms with E-state index in [9.17, 15) is 37.5 Å². The molecule has 0 aliphatic carbocycles. The van der Waals surface area contributed by atoms with Gasteiger partial charge >= 0.3 is 12.1 Å². The van der Waals surface area contributed by atoms with Crippen LogP contribution < -0.4 is 16.2 Å². The van der Waals surface area contributed by atoms with E-state index in [0.717, 1.165) is 29.7 Å². The predicted molar refractivity (Wildman–Crippen MR) is 248 cm³/mol. The van der Waals surface area contributed by atoms with E-state index in [-0.39, 0.29) is 33.0 Å². The van der Waals surface area contributed by atoms with Gasteiger partial charge in [0.25, 0.3) is 17.4 Å². The number of carboxylic acids is 1. The molecule has 0 aliphatic rings. The number of aromatic amines is 1. The van der Waals surface area contributed by atoms with Crippen LogP contribution >= 0.6 is 74.1 Å². The second-order valence-corrected chi connectivity index (χ2v) is 17.5. The second kappa shape index (κ2) is 25.2. The zero-order valence-electron chi connectivity index (χ0n) is 34.0. The van der Waals surface area contributed by atoms with Crippen LogP contribution in [0.4, 0.5) is 18.9 Å². The summed E-state index contributed by atoms with van der Waals surface area (Å²) < 4.78 is 41.1. The number of pyridine rings is 2. The smallest absolute Gasteiger partial charge is 0.417 e. The van der Waals surface area contributed by atoms with E-state index < -0.39 is 34.7 Å². The molecular weight excluding hydrogens is 995 g/mol. The number of benzene rings is 3. The summed E-state index contributed by atoms with van der Waals surface area (Å²) in [5.41, 5.74) is -0.887. The average molecular weight is 1040 g/mol. The lowest BCUT2D eigenvalue weighted by Crippen LogP contribution is -2.27. The van der Waals surface area contributed by atoms with Gasteiger partial charge in [0.1, 0.15) is 11.3 Å². The summed E-state index contributed by atoms with van der Waals surface area (Å²) in [7, 11) is 7.71. The van der Waals surface area contributed by atoms with Gasteiger partial charge in [-0.2, -0.15) is 13.2 Å². The zero-order chi connectivity index (χ0) is 47.0. The summed E-state index contributed by atoms with van der Waals surface area (Å²) in [5.74, 6) is -1.89. The third-order valence-corrected chi connectivity index (χ3v) is 11.0. The van der Waals surface area contributed by atoms with Crippen LogP contribution in [0.15, 0.2) is 93.3 Å². The van der Waals surface area contributed by atoms with Crippen LogP contribution in [0.3, 0.4) is 0 Å². The Morgan fingerprint density at radius 3 is 2.10 bits per heavy atom. The highest BCUT2D eigenvalue weighted by Crippen LogP contribution is 2.35. The molecule has 0 spiro atoms. The molecule has 12 nitrogen and oxygen atoms in total. The summed E-state index contributed by atoms with van der Waals surface area (Å²) in [6.07, 6.45) is -2.56. The first-order chi connectivity index (χ1) is 29.6. The highest BCUT2D eigenvalue weighted by molar-refractivity contribution is 9.10. The summed E-state index contributed by atoms with van der Waals surface area (Å²) >= 11 is 28.2. The van der Waals surface area contributed by atoms with Crippen molar-refractivity contribution in [3.63, 3.8) is 0 Å². The Balaban J connectivity index is 0.000000260. The first-order valence-corrected chi connectivity index (χ1v) is 21.8. The lowest BCUT2D eigenvalue weighted by molar-refractivity contribution is -0.138. The van der Waals surface area contributed by atoms with Gasteiger partial charge in [-0.15, -0.1) is 11.8 Å². The molecule has 2 heterocycles. The maximum Gasteiger partial charge on any atom is 0.417 e. The molecule has 0 saturated heterocycles. The van der Waals surface area contributed by atoms with Crippen molar-refractivity contribution in [1.29, 1.82) is 0 Å². The van der Waals surface area contributed by atoms with Gasteiger partial charge in [-0.1, -0.05) is 68.4 Å². The lowest BCUT2D eigenvalue weighted by Gasteiger charge is -2.15. The van der Waals surface area contributed by atoms with Crippen molar-refractivity contribution in [2.24, 2.45) is 0 Å². The van der Waals surface area contributed by atoms with Crippen LogP contribution in [0.1, 0.15) is 54.3 Å². The number of thioether (sulfide) groups is 1. The number of carbonyl (C=O) groups is 3. The molecule has 0 radical (unpaired) electrons. The fourth-order valence-electron chi connectivity index (χ4n) is 5.10. The Morgan fingerprint density at radius 2 is 1.51 bits per heavy atom. The Kier molecular flexibility index (Phi) is 21.2. The van der Waals surface area contributed by atoms with Gasteiger partial charge in [-0.3, -0.25) is 14.4 Å². The maximum atomic E-state index is 13.4. The molecule has 0 unspecified atom stereocenters. The largest absolute Gasteiger partial charge is 0.507 e. The monoisotopic (exact) mass is 1030 g/mol. The van der Waals surface area contributed by atoms with Gasteiger partial charge < -0.3 is 35.6 Å². The molecule has 0 bridgehead atoms. The van der Waals surface area contributed by atoms with Crippen LogP contribution in [-0.4, -0.2) is 101 Å². The minimum atomic E-state index is -4.70. The topological polar surface area (TPSA) is 168 Å². The minimum Gasteiger partial charge on any atom is -0.507 e. The number of nitrogens with zero attached hydrogens (tertiary/aromatic N) is 3.